The third-order valence-electron chi connectivity index (χ3n) is 4.31. The van der Waals surface area contributed by atoms with Gasteiger partial charge in [-0.25, -0.2) is 0 Å². The number of hydrogen-bond donors (Lipinski definition) is 2. The molecule has 0 aliphatic rings. The lowest BCUT2D eigenvalue weighted by Crippen LogP contribution is -2.24. The van der Waals surface area contributed by atoms with Crippen molar-refractivity contribution in [2.24, 2.45) is 0 Å². The van der Waals surface area contributed by atoms with Crippen molar-refractivity contribution < 1.29 is 9.59 Å². The molecule has 3 aromatic rings. The van der Waals surface area contributed by atoms with Gasteiger partial charge in [0.1, 0.15) is 0 Å². The highest BCUT2D eigenvalue weighted by atomic mass is 35.5. The normalized spacial score (nSPS) is 11.6. The molecule has 0 spiro atoms. The number of nitrogens with one attached hydrogen (secondary N) is 2. The Labute approximate surface area is 200 Å². The second-order valence-corrected chi connectivity index (χ2v) is 9.15. The summed E-state index contributed by atoms with van der Waals surface area (Å²) in [6, 6.07) is 19.1. The van der Waals surface area contributed by atoms with Crippen LogP contribution >= 0.6 is 46.6 Å². The summed E-state index contributed by atoms with van der Waals surface area (Å²) in [5.41, 5.74) is 1.69. The maximum absolute atomic E-state index is 12.7. The molecule has 160 valence electrons. The highest BCUT2D eigenvalue weighted by Crippen LogP contribution is 2.30. The van der Waals surface area contributed by atoms with Crippen LogP contribution in [0.5, 0.6) is 0 Å². The summed E-state index contributed by atoms with van der Waals surface area (Å²) in [5, 5.41) is 6.71. The topological polar surface area (TPSA) is 58.2 Å². The van der Waals surface area contributed by atoms with Gasteiger partial charge in [0.25, 0.3) is 5.91 Å². The largest absolute Gasteiger partial charge is 0.325 e. The van der Waals surface area contributed by atoms with Gasteiger partial charge >= 0.3 is 0 Å². The third-order valence-corrected chi connectivity index (χ3v) is 6.64. The minimum absolute atomic E-state index is 0.140. The van der Waals surface area contributed by atoms with Gasteiger partial charge in [0.15, 0.2) is 0 Å². The lowest BCUT2D eigenvalue weighted by atomic mass is 10.2. The fourth-order valence-electron chi connectivity index (χ4n) is 2.76. The van der Waals surface area contributed by atoms with E-state index in [9.17, 15) is 9.59 Å². The van der Waals surface area contributed by atoms with E-state index >= 15 is 0 Å². The van der Waals surface area contributed by atoms with Gasteiger partial charge in [0, 0.05) is 26.9 Å². The zero-order valence-corrected chi connectivity index (χ0v) is 19.6. The van der Waals surface area contributed by atoms with Crippen LogP contribution < -0.4 is 10.6 Å². The summed E-state index contributed by atoms with van der Waals surface area (Å²) in [5.74, 6) is -0.395. The highest BCUT2D eigenvalue weighted by Gasteiger charge is 2.19. The zero-order chi connectivity index (χ0) is 22.4. The first-order valence-electron chi connectivity index (χ1n) is 9.45. The van der Waals surface area contributed by atoms with Gasteiger partial charge in [-0.3, -0.25) is 9.59 Å². The Bertz CT molecular complexity index is 1110. The molecule has 0 aliphatic carbocycles. The van der Waals surface area contributed by atoms with E-state index in [1.54, 1.807) is 48.5 Å². The van der Waals surface area contributed by atoms with E-state index in [1.165, 1.54) is 11.8 Å². The minimum atomic E-state index is -0.326. The smallest absolute Gasteiger partial charge is 0.255 e. The molecule has 1 atom stereocenters. The molecule has 0 saturated heterocycles. The summed E-state index contributed by atoms with van der Waals surface area (Å²) >= 11 is 19.3. The standard InChI is InChI=1S/C23H19Cl3N2O2S/c1-2-21(23(30)28-17-9-10-19(25)20(26)13-17)31-18-8-4-7-16(12-18)27-22(29)14-5-3-6-15(24)11-14/h3-13,21H,2H2,1H3,(H,27,29)(H,28,30). The van der Waals surface area contributed by atoms with Crippen LogP contribution in [0.1, 0.15) is 23.7 Å². The summed E-state index contributed by atoms with van der Waals surface area (Å²) in [4.78, 5) is 26.1. The van der Waals surface area contributed by atoms with Crippen LogP contribution in [0.3, 0.4) is 0 Å². The quantitative estimate of drug-likeness (QED) is 0.337. The molecule has 3 rings (SSSR count). The van der Waals surface area contributed by atoms with Crippen LogP contribution in [0.2, 0.25) is 15.1 Å². The number of anilines is 2. The summed E-state index contributed by atoms with van der Waals surface area (Å²) in [7, 11) is 0. The molecule has 0 heterocycles. The predicted molar refractivity (Wildman–Crippen MR) is 131 cm³/mol. The highest BCUT2D eigenvalue weighted by molar-refractivity contribution is 8.00. The average molecular weight is 494 g/mol. The Morgan fingerprint density at radius 1 is 0.871 bits per heavy atom. The Morgan fingerprint density at radius 2 is 1.61 bits per heavy atom. The van der Waals surface area contributed by atoms with Gasteiger partial charge in [0.2, 0.25) is 5.91 Å². The molecule has 0 saturated carbocycles. The molecule has 0 radical (unpaired) electrons. The molecule has 8 heteroatoms. The van der Waals surface area contributed by atoms with E-state index in [0.717, 1.165) is 4.90 Å². The second-order valence-electron chi connectivity index (χ2n) is 6.63. The van der Waals surface area contributed by atoms with Crippen molar-refractivity contribution in [3.8, 4) is 0 Å². The van der Waals surface area contributed by atoms with Gasteiger partial charge in [-0.1, -0.05) is 53.9 Å². The fourth-order valence-corrected chi connectivity index (χ4v) is 4.26. The maximum Gasteiger partial charge on any atom is 0.255 e. The molecule has 3 aromatic carbocycles. The molecule has 0 bridgehead atoms. The monoisotopic (exact) mass is 492 g/mol. The van der Waals surface area contributed by atoms with Gasteiger partial charge in [-0.15, -0.1) is 11.8 Å². The average Bonchev–Trinajstić information content (AvgIpc) is 2.75. The molecule has 2 N–H and O–H groups in total. The van der Waals surface area contributed by atoms with Crippen molar-refractivity contribution in [1.82, 2.24) is 0 Å². The first-order chi connectivity index (χ1) is 14.9. The molecular weight excluding hydrogens is 475 g/mol. The first kappa shape index (κ1) is 23.5. The van der Waals surface area contributed by atoms with Crippen LogP contribution in [0.25, 0.3) is 0 Å². The van der Waals surface area contributed by atoms with Crippen LogP contribution in [-0.2, 0) is 4.79 Å². The Kier molecular flexibility index (Phi) is 8.27. The Balaban J connectivity index is 1.67. The molecule has 2 amide bonds. The molecule has 0 aliphatic heterocycles. The lowest BCUT2D eigenvalue weighted by Gasteiger charge is -2.16. The van der Waals surface area contributed by atoms with E-state index in [0.29, 0.717) is 38.4 Å². The van der Waals surface area contributed by atoms with Crippen molar-refractivity contribution in [1.29, 1.82) is 0 Å². The van der Waals surface area contributed by atoms with Crippen LogP contribution in [0.15, 0.2) is 71.6 Å². The van der Waals surface area contributed by atoms with Crippen LogP contribution in [0, 0.1) is 0 Å². The molecule has 0 aromatic heterocycles. The van der Waals surface area contributed by atoms with Crippen molar-refractivity contribution in [2.75, 3.05) is 10.6 Å². The van der Waals surface area contributed by atoms with Crippen LogP contribution in [0.4, 0.5) is 11.4 Å². The number of amides is 2. The molecule has 1 unspecified atom stereocenters. The van der Waals surface area contributed by atoms with Crippen molar-refractivity contribution in [3.63, 3.8) is 0 Å². The third kappa shape index (κ3) is 6.65. The zero-order valence-electron chi connectivity index (χ0n) is 16.5. The van der Waals surface area contributed by atoms with E-state index in [2.05, 4.69) is 10.6 Å². The number of benzene rings is 3. The van der Waals surface area contributed by atoms with Crippen LogP contribution in [-0.4, -0.2) is 17.1 Å². The van der Waals surface area contributed by atoms with E-state index in [1.807, 2.05) is 25.1 Å². The number of rotatable bonds is 7. The Morgan fingerprint density at radius 3 is 2.32 bits per heavy atom. The van der Waals surface area contributed by atoms with E-state index in [4.69, 9.17) is 34.8 Å². The number of thioether (sulfide) groups is 1. The fraction of sp³-hybridized carbons (Fsp3) is 0.130. The molecule has 31 heavy (non-hydrogen) atoms. The minimum Gasteiger partial charge on any atom is -0.325 e. The molecule has 0 fully saturated rings. The first-order valence-corrected chi connectivity index (χ1v) is 11.5. The predicted octanol–water partition coefficient (Wildman–Crippen LogP) is 7.41. The van der Waals surface area contributed by atoms with E-state index in [-0.39, 0.29) is 17.1 Å². The van der Waals surface area contributed by atoms with E-state index < -0.39 is 0 Å². The van der Waals surface area contributed by atoms with Gasteiger partial charge in [-0.05, 0) is 61.0 Å². The van der Waals surface area contributed by atoms with Crippen molar-refractivity contribution in [3.05, 3.63) is 87.4 Å². The van der Waals surface area contributed by atoms with Gasteiger partial charge < -0.3 is 10.6 Å². The van der Waals surface area contributed by atoms with Crippen molar-refractivity contribution in [2.45, 2.75) is 23.5 Å². The summed E-state index contributed by atoms with van der Waals surface area (Å²) in [6.45, 7) is 1.94. The molecular formula is C23H19Cl3N2O2S. The Hall–Kier alpha value is -2.18. The van der Waals surface area contributed by atoms with Gasteiger partial charge in [-0.2, -0.15) is 0 Å². The molecule has 4 nitrogen and oxygen atoms in total. The number of carbonyl (C=O) groups excluding carboxylic acids is 2. The van der Waals surface area contributed by atoms with Gasteiger partial charge in [0.05, 0.1) is 15.3 Å². The lowest BCUT2D eigenvalue weighted by molar-refractivity contribution is -0.115. The van der Waals surface area contributed by atoms with Crippen molar-refractivity contribution >= 4 is 69.8 Å². The SMILES string of the molecule is CCC(Sc1cccc(NC(=O)c2cccc(Cl)c2)c1)C(=O)Nc1ccc(Cl)c(Cl)c1. The number of carbonyl (C=O) groups is 2. The number of hydrogen-bond acceptors (Lipinski definition) is 3. The maximum atomic E-state index is 12.7. The second kappa shape index (κ2) is 10.9. The summed E-state index contributed by atoms with van der Waals surface area (Å²) in [6.07, 6.45) is 0.622. The number of halogens is 3. The summed E-state index contributed by atoms with van der Waals surface area (Å²) < 4.78 is 0.